The first kappa shape index (κ1) is 12.3. The molecular formula is C11H10F3NO. The van der Waals surface area contributed by atoms with Crippen molar-refractivity contribution in [3.63, 3.8) is 0 Å². The van der Waals surface area contributed by atoms with Crippen LogP contribution in [0.3, 0.4) is 0 Å². The van der Waals surface area contributed by atoms with Crippen molar-refractivity contribution in [2.75, 3.05) is 0 Å². The summed E-state index contributed by atoms with van der Waals surface area (Å²) in [6, 6.07) is 3.99. The van der Waals surface area contributed by atoms with E-state index >= 15 is 0 Å². The van der Waals surface area contributed by atoms with Crippen LogP contribution in [0.1, 0.15) is 22.8 Å². The van der Waals surface area contributed by atoms with E-state index in [1.54, 1.807) is 6.92 Å². The molecule has 0 aliphatic carbocycles. The summed E-state index contributed by atoms with van der Waals surface area (Å²) < 4.78 is 36.6. The number of benzene rings is 1. The van der Waals surface area contributed by atoms with E-state index in [-0.39, 0.29) is 5.56 Å². The average Bonchev–Trinajstić information content (AvgIpc) is 2.15. The van der Waals surface area contributed by atoms with Crippen LogP contribution in [0.5, 0.6) is 0 Å². The molecule has 0 saturated carbocycles. The van der Waals surface area contributed by atoms with Gasteiger partial charge in [-0.3, -0.25) is 4.79 Å². The van der Waals surface area contributed by atoms with E-state index in [4.69, 9.17) is 0 Å². The lowest BCUT2D eigenvalue weighted by Crippen LogP contribution is -2.20. The second kappa shape index (κ2) is 4.38. The van der Waals surface area contributed by atoms with Gasteiger partial charge in [-0.05, 0) is 31.2 Å². The van der Waals surface area contributed by atoms with Crippen LogP contribution in [0.2, 0.25) is 0 Å². The Hall–Kier alpha value is -1.78. The zero-order valence-corrected chi connectivity index (χ0v) is 8.56. The Labute approximate surface area is 90.8 Å². The summed E-state index contributed by atoms with van der Waals surface area (Å²) in [6.07, 6.45) is -4.39. The molecule has 0 bridgehead atoms. The average molecular weight is 229 g/mol. The fourth-order valence-corrected chi connectivity index (χ4v) is 1.08. The van der Waals surface area contributed by atoms with Crippen LogP contribution in [0, 0.1) is 0 Å². The van der Waals surface area contributed by atoms with Crippen molar-refractivity contribution in [1.82, 2.24) is 5.32 Å². The summed E-state index contributed by atoms with van der Waals surface area (Å²) in [6.45, 7) is 5.05. The van der Waals surface area contributed by atoms with Gasteiger partial charge >= 0.3 is 6.18 Å². The molecule has 1 N–H and O–H groups in total. The molecule has 0 atom stereocenters. The van der Waals surface area contributed by atoms with Gasteiger partial charge in [-0.2, -0.15) is 13.2 Å². The summed E-state index contributed by atoms with van der Waals surface area (Å²) in [5, 5.41) is 2.40. The minimum atomic E-state index is -4.39. The van der Waals surface area contributed by atoms with Gasteiger partial charge in [0.05, 0.1) is 5.56 Å². The molecule has 0 unspecified atom stereocenters. The first-order valence-corrected chi connectivity index (χ1v) is 4.45. The van der Waals surface area contributed by atoms with Gasteiger partial charge in [0, 0.05) is 11.3 Å². The summed E-state index contributed by atoms with van der Waals surface area (Å²) in [4.78, 5) is 11.4. The molecule has 2 nitrogen and oxygen atoms in total. The highest BCUT2D eigenvalue weighted by Crippen LogP contribution is 2.28. The molecule has 5 heteroatoms. The van der Waals surface area contributed by atoms with Crippen LogP contribution in [0.15, 0.2) is 36.5 Å². The number of halogens is 3. The van der Waals surface area contributed by atoms with Gasteiger partial charge < -0.3 is 5.32 Å². The number of amides is 1. The molecule has 0 fully saturated rings. The SMILES string of the molecule is C=C(C)NC(=O)c1ccc(C(F)(F)F)cc1. The minimum Gasteiger partial charge on any atom is -0.327 e. The summed E-state index contributed by atoms with van der Waals surface area (Å²) in [7, 11) is 0. The van der Waals surface area contributed by atoms with Crippen LogP contribution in [0.4, 0.5) is 13.2 Å². The fourth-order valence-electron chi connectivity index (χ4n) is 1.08. The maximum absolute atomic E-state index is 12.2. The first-order valence-electron chi connectivity index (χ1n) is 4.45. The van der Waals surface area contributed by atoms with Crippen molar-refractivity contribution in [3.8, 4) is 0 Å². The highest BCUT2D eigenvalue weighted by Gasteiger charge is 2.30. The van der Waals surface area contributed by atoms with E-state index < -0.39 is 17.6 Å². The number of hydrogen-bond donors (Lipinski definition) is 1. The van der Waals surface area contributed by atoms with Gasteiger partial charge in [-0.15, -0.1) is 0 Å². The molecular weight excluding hydrogens is 219 g/mol. The number of allylic oxidation sites excluding steroid dienone is 1. The first-order chi connectivity index (χ1) is 7.30. The van der Waals surface area contributed by atoms with Gasteiger partial charge in [-0.1, -0.05) is 6.58 Å². The summed E-state index contributed by atoms with van der Waals surface area (Å²) >= 11 is 0. The monoisotopic (exact) mass is 229 g/mol. The summed E-state index contributed by atoms with van der Waals surface area (Å²) in [5.74, 6) is -0.471. The van der Waals surface area contributed by atoms with E-state index in [0.29, 0.717) is 5.70 Å². The predicted octanol–water partition coefficient (Wildman–Crippen LogP) is 2.97. The van der Waals surface area contributed by atoms with E-state index in [0.717, 1.165) is 24.3 Å². The molecule has 0 radical (unpaired) electrons. The summed E-state index contributed by atoms with van der Waals surface area (Å²) in [5.41, 5.74) is -0.180. The van der Waals surface area contributed by atoms with E-state index in [9.17, 15) is 18.0 Å². The number of nitrogens with one attached hydrogen (secondary N) is 1. The Kier molecular flexibility index (Phi) is 3.37. The lowest BCUT2D eigenvalue weighted by molar-refractivity contribution is -0.137. The standard InChI is InChI=1S/C11H10F3NO/c1-7(2)15-10(16)8-3-5-9(6-4-8)11(12,13)14/h3-6H,1H2,2H3,(H,15,16). The lowest BCUT2D eigenvalue weighted by Gasteiger charge is -2.07. The molecule has 0 aliphatic heterocycles. The third-order valence-corrected chi connectivity index (χ3v) is 1.80. The molecule has 86 valence electrons. The normalized spacial score (nSPS) is 11.0. The number of carbonyl (C=O) groups is 1. The molecule has 1 aromatic carbocycles. The largest absolute Gasteiger partial charge is 0.416 e. The van der Waals surface area contributed by atoms with Crippen LogP contribution in [-0.4, -0.2) is 5.91 Å². The van der Waals surface area contributed by atoms with Crippen LogP contribution >= 0.6 is 0 Å². The van der Waals surface area contributed by atoms with Gasteiger partial charge in [0.25, 0.3) is 5.91 Å². The van der Waals surface area contributed by atoms with Crippen molar-refractivity contribution in [1.29, 1.82) is 0 Å². The van der Waals surface area contributed by atoms with E-state index in [2.05, 4.69) is 11.9 Å². The smallest absolute Gasteiger partial charge is 0.327 e. The quantitative estimate of drug-likeness (QED) is 0.829. The maximum Gasteiger partial charge on any atom is 0.416 e. The van der Waals surface area contributed by atoms with Crippen LogP contribution in [-0.2, 0) is 6.18 Å². The third kappa shape index (κ3) is 3.12. The maximum atomic E-state index is 12.2. The Morgan fingerprint density at radius 3 is 2.12 bits per heavy atom. The topological polar surface area (TPSA) is 29.1 Å². The Bertz CT molecular complexity index is 406. The Balaban J connectivity index is 2.87. The van der Waals surface area contributed by atoms with Crippen molar-refractivity contribution in [2.24, 2.45) is 0 Å². The molecule has 1 rings (SSSR count). The van der Waals surface area contributed by atoms with Gasteiger partial charge in [0.1, 0.15) is 0 Å². The molecule has 0 heterocycles. The molecule has 0 saturated heterocycles. The lowest BCUT2D eigenvalue weighted by atomic mass is 10.1. The second-order valence-electron chi connectivity index (χ2n) is 3.31. The molecule has 0 aromatic heterocycles. The van der Waals surface area contributed by atoms with E-state index in [1.807, 2.05) is 0 Å². The van der Waals surface area contributed by atoms with E-state index in [1.165, 1.54) is 0 Å². The molecule has 0 spiro atoms. The highest BCUT2D eigenvalue weighted by atomic mass is 19.4. The Morgan fingerprint density at radius 2 is 1.75 bits per heavy atom. The van der Waals surface area contributed by atoms with Crippen molar-refractivity contribution >= 4 is 5.91 Å². The zero-order chi connectivity index (χ0) is 12.3. The molecule has 0 aliphatic rings. The van der Waals surface area contributed by atoms with Crippen molar-refractivity contribution in [3.05, 3.63) is 47.7 Å². The number of hydrogen-bond acceptors (Lipinski definition) is 1. The number of carbonyl (C=O) groups excluding carboxylic acids is 1. The number of alkyl halides is 3. The molecule has 1 amide bonds. The predicted molar refractivity (Wildman–Crippen MR) is 53.7 cm³/mol. The third-order valence-electron chi connectivity index (χ3n) is 1.80. The van der Waals surface area contributed by atoms with Gasteiger partial charge in [0.2, 0.25) is 0 Å². The van der Waals surface area contributed by atoms with Gasteiger partial charge in [0.15, 0.2) is 0 Å². The molecule has 16 heavy (non-hydrogen) atoms. The zero-order valence-electron chi connectivity index (χ0n) is 8.56. The second-order valence-corrected chi connectivity index (χ2v) is 3.31. The highest BCUT2D eigenvalue weighted by molar-refractivity contribution is 5.95. The minimum absolute atomic E-state index is 0.163. The van der Waals surface area contributed by atoms with Crippen molar-refractivity contribution < 1.29 is 18.0 Å². The Morgan fingerprint density at radius 1 is 1.25 bits per heavy atom. The number of rotatable bonds is 2. The fraction of sp³-hybridized carbons (Fsp3) is 0.182. The van der Waals surface area contributed by atoms with Crippen LogP contribution in [0.25, 0.3) is 0 Å². The van der Waals surface area contributed by atoms with Crippen LogP contribution < -0.4 is 5.32 Å². The van der Waals surface area contributed by atoms with Gasteiger partial charge in [-0.25, -0.2) is 0 Å². The molecule has 1 aromatic rings. The van der Waals surface area contributed by atoms with Crippen molar-refractivity contribution in [2.45, 2.75) is 13.1 Å².